The van der Waals surface area contributed by atoms with Gasteiger partial charge in [0, 0.05) is 0 Å². The molecule has 0 aliphatic heterocycles. The maximum absolute atomic E-state index is 9.69. The average molecular weight is 137 g/mol. The van der Waals surface area contributed by atoms with Crippen molar-refractivity contribution in [3.8, 4) is 0 Å². The first-order chi connectivity index (χ1) is 4.43. The fraction of sp³-hybridized carbons (Fsp3) is 0. The van der Waals surface area contributed by atoms with Crippen molar-refractivity contribution in [3.63, 3.8) is 0 Å². The van der Waals surface area contributed by atoms with Gasteiger partial charge in [-0.3, -0.25) is 4.79 Å². The average Bonchev–Trinajstić information content (AvgIpc) is 2.34. The van der Waals surface area contributed by atoms with Gasteiger partial charge in [0.15, 0.2) is 0 Å². The maximum Gasteiger partial charge on any atom is 0.225 e. The topological polar surface area (TPSA) is 17.1 Å². The summed E-state index contributed by atoms with van der Waals surface area (Å²) in [5.74, 6) is 0. The van der Waals surface area contributed by atoms with Gasteiger partial charge in [-0.25, -0.2) is 0 Å². The fourth-order valence-corrected chi connectivity index (χ4v) is 1.13. The van der Waals surface area contributed by atoms with E-state index in [1.54, 1.807) is 23.7 Å². The molecule has 1 aromatic rings. The zero-order chi connectivity index (χ0) is 6.53. The Morgan fingerprint density at radius 3 is 3.11 bits per heavy atom. The highest BCUT2D eigenvalue weighted by Gasteiger charge is 1.81. The zero-order valence-corrected chi connectivity index (χ0v) is 5.52. The highest BCUT2D eigenvalue weighted by molar-refractivity contribution is 7.08. The normalized spacial score (nSPS) is 10.2. The van der Waals surface area contributed by atoms with Crippen LogP contribution in [0.2, 0.25) is 0 Å². The highest BCUT2D eigenvalue weighted by Crippen LogP contribution is 2.06. The first-order valence-corrected chi connectivity index (χ1v) is 3.44. The summed E-state index contributed by atoms with van der Waals surface area (Å²) in [5, 5.41) is 3.93. The summed E-state index contributed by atoms with van der Waals surface area (Å²) in [7, 11) is 0. The van der Waals surface area contributed by atoms with Crippen molar-refractivity contribution < 1.29 is 4.79 Å². The summed E-state index contributed by atoms with van der Waals surface area (Å²) in [6.07, 6.45) is 4.77. The minimum absolute atomic E-state index is 1.06. The lowest BCUT2D eigenvalue weighted by Gasteiger charge is -1.74. The van der Waals surface area contributed by atoms with Crippen molar-refractivity contribution in [2.24, 2.45) is 0 Å². The number of hydrogen-bond donors (Lipinski definition) is 0. The predicted octanol–water partition coefficient (Wildman–Crippen LogP) is 1.87. The molecule has 0 unspecified atom stereocenters. The highest BCUT2D eigenvalue weighted by atomic mass is 32.1. The molecule has 0 atom stereocenters. The first kappa shape index (κ1) is 6.23. The molecule has 0 saturated carbocycles. The van der Waals surface area contributed by atoms with Crippen LogP contribution in [0.5, 0.6) is 0 Å². The molecule has 1 radical (unpaired) electrons. The van der Waals surface area contributed by atoms with Crippen LogP contribution in [0.15, 0.2) is 22.9 Å². The lowest BCUT2D eigenvalue weighted by atomic mass is 10.3. The first-order valence-electron chi connectivity index (χ1n) is 2.50. The van der Waals surface area contributed by atoms with E-state index in [1.807, 2.05) is 16.8 Å². The van der Waals surface area contributed by atoms with Crippen LogP contribution < -0.4 is 0 Å². The summed E-state index contributed by atoms with van der Waals surface area (Å²) < 4.78 is 0. The zero-order valence-electron chi connectivity index (χ0n) is 4.70. The number of allylic oxidation sites excluding steroid dienone is 1. The molecule has 0 spiro atoms. The number of thiophene rings is 1. The monoisotopic (exact) mass is 137 g/mol. The van der Waals surface area contributed by atoms with Gasteiger partial charge in [-0.05, 0) is 28.5 Å². The molecule has 0 aliphatic carbocycles. The summed E-state index contributed by atoms with van der Waals surface area (Å²) in [5.41, 5.74) is 1.06. The SMILES string of the molecule is O=[C]C=Cc1ccsc1. The molecule has 0 aromatic carbocycles. The van der Waals surface area contributed by atoms with Gasteiger partial charge in [0.25, 0.3) is 0 Å². The van der Waals surface area contributed by atoms with Crippen molar-refractivity contribution in [2.75, 3.05) is 0 Å². The summed E-state index contributed by atoms with van der Waals surface area (Å²) in [6.45, 7) is 0. The van der Waals surface area contributed by atoms with E-state index in [2.05, 4.69) is 0 Å². The minimum atomic E-state index is 1.06. The molecule has 0 N–H and O–H groups in total. The Morgan fingerprint density at radius 2 is 2.56 bits per heavy atom. The second kappa shape index (κ2) is 3.20. The van der Waals surface area contributed by atoms with Gasteiger partial charge >= 0.3 is 0 Å². The van der Waals surface area contributed by atoms with E-state index in [1.165, 1.54) is 6.08 Å². The van der Waals surface area contributed by atoms with Gasteiger partial charge in [-0.15, -0.1) is 0 Å². The third kappa shape index (κ3) is 1.82. The molecular formula is C7H5OS. The van der Waals surface area contributed by atoms with Crippen LogP contribution in [0, 0.1) is 0 Å². The van der Waals surface area contributed by atoms with Gasteiger partial charge in [0.2, 0.25) is 6.29 Å². The number of rotatable bonds is 2. The molecule has 0 bridgehead atoms. The number of hydrogen-bond acceptors (Lipinski definition) is 2. The maximum atomic E-state index is 9.69. The van der Waals surface area contributed by atoms with Crippen molar-refractivity contribution in [3.05, 3.63) is 28.5 Å². The molecule has 1 nitrogen and oxygen atoms in total. The van der Waals surface area contributed by atoms with Crippen LogP contribution in [-0.4, -0.2) is 6.29 Å². The number of carbonyl (C=O) groups excluding carboxylic acids is 1. The Balaban J connectivity index is 2.67. The molecule has 2 heteroatoms. The van der Waals surface area contributed by atoms with Crippen LogP contribution in [0.1, 0.15) is 5.56 Å². The molecule has 9 heavy (non-hydrogen) atoms. The van der Waals surface area contributed by atoms with E-state index in [-0.39, 0.29) is 0 Å². The third-order valence-corrected chi connectivity index (χ3v) is 1.59. The predicted molar refractivity (Wildman–Crippen MR) is 39.0 cm³/mol. The van der Waals surface area contributed by atoms with E-state index in [0.717, 1.165) is 5.56 Å². The van der Waals surface area contributed by atoms with E-state index in [4.69, 9.17) is 0 Å². The van der Waals surface area contributed by atoms with Gasteiger partial charge in [-0.1, -0.05) is 6.08 Å². The lowest BCUT2D eigenvalue weighted by molar-refractivity contribution is 0.564. The van der Waals surface area contributed by atoms with E-state index in [9.17, 15) is 4.79 Å². The Labute approximate surface area is 57.6 Å². The largest absolute Gasteiger partial charge is 0.286 e. The van der Waals surface area contributed by atoms with Crippen LogP contribution in [0.25, 0.3) is 6.08 Å². The second-order valence-corrected chi connectivity index (χ2v) is 2.29. The molecule has 1 rings (SSSR count). The molecule has 1 heterocycles. The van der Waals surface area contributed by atoms with E-state index < -0.39 is 0 Å². The van der Waals surface area contributed by atoms with E-state index in [0.29, 0.717) is 0 Å². The Kier molecular flexibility index (Phi) is 2.22. The van der Waals surface area contributed by atoms with Crippen LogP contribution >= 0.6 is 11.3 Å². The Bertz CT molecular complexity index is 199. The Hall–Kier alpha value is -0.890. The van der Waals surface area contributed by atoms with Crippen molar-refractivity contribution in [1.82, 2.24) is 0 Å². The quantitative estimate of drug-likeness (QED) is 0.569. The van der Waals surface area contributed by atoms with Crippen LogP contribution in [0.4, 0.5) is 0 Å². The second-order valence-electron chi connectivity index (χ2n) is 1.51. The standard InChI is InChI=1S/C7H5OS/c8-4-1-2-7-3-5-9-6-7/h1-3,5-6H. The molecule has 0 aliphatic rings. The summed E-state index contributed by atoms with van der Waals surface area (Å²) in [6, 6.07) is 1.94. The van der Waals surface area contributed by atoms with Crippen LogP contribution in [-0.2, 0) is 4.79 Å². The lowest BCUT2D eigenvalue weighted by Crippen LogP contribution is -1.60. The summed E-state index contributed by atoms with van der Waals surface area (Å²) >= 11 is 1.61. The van der Waals surface area contributed by atoms with Crippen molar-refractivity contribution in [2.45, 2.75) is 0 Å². The van der Waals surface area contributed by atoms with Crippen molar-refractivity contribution >= 4 is 23.7 Å². The fourth-order valence-electron chi connectivity index (χ4n) is 0.500. The Morgan fingerprint density at radius 1 is 1.67 bits per heavy atom. The summed E-state index contributed by atoms with van der Waals surface area (Å²) in [4.78, 5) is 9.69. The molecule has 1 aromatic heterocycles. The molecule has 45 valence electrons. The van der Waals surface area contributed by atoms with Gasteiger partial charge in [-0.2, -0.15) is 11.3 Å². The third-order valence-electron chi connectivity index (χ3n) is 0.887. The van der Waals surface area contributed by atoms with Crippen molar-refractivity contribution in [1.29, 1.82) is 0 Å². The molecule has 0 fully saturated rings. The molecule has 0 saturated heterocycles. The smallest absolute Gasteiger partial charge is 0.225 e. The molecule has 0 amide bonds. The van der Waals surface area contributed by atoms with Gasteiger partial charge in [0.1, 0.15) is 0 Å². The van der Waals surface area contributed by atoms with Gasteiger partial charge < -0.3 is 0 Å². The van der Waals surface area contributed by atoms with Gasteiger partial charge in [0.05, 0.1) is 0 Å². The van der Waals surface area contributed by atoms with Crippen LogP contribution in [0.3, 0.4) is 0 Å². The molecular weight excluding hydrogens is 132 g/mol. The minimum Gasteiger partial charge on any atom is -0.286 e. The van der Waals surface area contributed by atoms with E-state index >= 15 is 0 Å².